The fourth-order valence-corrected chi connectivity index (χ4v) is 1.33. The highest BCUT2D eigenvalue weighted by molar-refractivity contribution is 5.75. The summed E-state index contributed by atoms with van der Waals surface area (Å²) in [6, 6.07) is 1.84. The van der Waals surface area contributed by atoms with E-state index in [4.69, 9.17) is 4.74 Å². The van der Waals surface area contributed by atoms with E-state index in [-0.39, 0.29) is 5.91 Å². The zero-order chi connectivity index (χ0) is 12.3. The summed E-state index contributed by atoms with van der Waals surface area (Å²) >= 11 is 0. The van der Waals surface area contributed by atoms with Gasteiger partial charge in [-0.1, -0.05) is 0 Å². The standard InChI is InChI=1S/C11H20N4O2/c1-17-10-7-12-5-6-13-11(16)3-9-15-8-2-4-14-15/h2,4,8,12H,3,5-7,9-10H2,1H3,(H,13,16). The number of carbonyl (C=O) groups is 1. The molecule has 0 aliphatic rings. The van der Waals surface area contributed by atoms with Crippen LogP contribution in [0.25, 0.3) is 0 Å². The average Bonchev–Trinajstić information content (AvgIpc) is 2.84. The first-order chi connectivity index (χ1) is 8.33. The zero-order valence-corrected chi connectivity index (χ0v) is 10.2. The molecule has 0 bridgehead atoms. The quantitative estimate of drug-likeness (QED) is 0.578. The average molecular weight is 240 g/mol. The van der Waals surface area contributed by atoms with Crippen molar-refractivity contribution in [2.45, 2.75) is 13.0 Å². The van der Waals surface area contributed by atoms with Crippen LogP contribution in [0, 0.1) is 0 Å². The molecule has 2 N–H and O–H groups in total. The summed E-state index contributed by atoms with van der Waals surface area (Å²) in [6.07, 6.45) is 4.01. The number of methoxy groups -OCH3 is 1. The SMILES string of the molecule is COCCNCCNC(=O)CCn1cccn1. The van der Waals surface area contributed by atoms with Gasteiger partial charge in [0.25, 0.3) is 0 Å². The van der Waals surface area contributed by atoms with E-state index in [0.717, 1.165) is 13.1 Å². The highest BCUT2D eigenvalue weighted by atomic mass is 16.5. The Morgan fingerprint density at radius 1 is 1.41 bits per heavy atom. The van der Waals surface area contributed by atoms with Crippen LogP contribution in [-0.2, 0) is 16.1 Å². The molecule has 0 atom stereocenters. The molecule has 0 aliphatic heterocycles. The molecule has 1 aromatic rings. The van der Waals surface area contributed by atoms with E-state index in [1.807, 2.05) is 12.3 Å². The number of nitrogens with one attached hydrogen (secondary N) is 2. The summed E-state index contributed by atoms with van der Waals surface area (Å²) in [6.45, 7) is 3.52. The van der Waals surface area contributed by atoms with E-state index in [9.17, 15) is 4.79 Å². The molecule has 0 aromatic carbocycles. The minimum Gasteiger partial charge on any atom is -0.383 e. The fourth-order valence-electron chi connectivity index (χ4n) is 1.33. The van der Waals surface area contributed by atoms with Gasteiger partial charge in [0, 0.05) is 52.1 Å². The Morgan fingerprint density at radius 2 is 2.29 bits per heavy atom. The lowest BCUT2D eigenvalue weighted by Gasteiger charge is -2.06. The number of amides is 1. The van der Waals surface area contributed by atoms with E-state index >= 15 is 0 Å². The molecule has 1 amide bonds. The summed E-state index contributed by atoms with van der Waals surface area (Å²) in [5, 5.41) is 10.0. The van der Waals surface area contributed by atoms with E-state index in [2.05, 4.69) is 15.7 Å². The highest BCUT2D eigenvalue weighted by Crippen LogP contribution is 1.88. The van der Waals surface area contributed by atoms with Crippen molar-refractivity contribution in [2.75, 3.05) is 33.4 Å². The van der Waals surface area contributed by atoms with Crippen molar-refractivity contribution in [1.29, 1.82) is 0 Å². The molecule has 1 aromatic heterocycles. The smallest absolute Gasteiger partial charge is 0.221 e. The zero-order valence-electron chi connectivity index (χ0n) is 10.2. The Morgan fingerprint density at radius 3 is 3.00 bits per heavy atom. The summed E-state index contributed by atoms with van der Waals surface area (Å²) < 4.78 is 6.64. The maximum atomic E-state index is 11.4. The lowest BCUT2D eigenvalue weighted by molar-refractivity contribution is -0.121. The third-order valence-corrected chi connectivity index (χ3v) is 2.23. The van der Waals surface area contributed by atoms with Crippen LogP contribution in [-0.4, -0.2) is 49.0 Å². The summed E-state index contributed by atoms with van der Waals surface area (Å²) in [4.78, 5) is 11.4. The first-order valence-corrected chi connectivity index (χ1v) is 5.76. The van der Waals surface area contributed by atoms with Crippen LogP contribution in [0.3, 0.4) is 0 Å². The Kier molecular flexibility index (Phi) is 7.01. The maximum absolute atomic E-state index is 11.4. The van der Waals surface area contributed by atoms with Gasteiger partial charge in [-0.2, -0.15) is 5.10 Å². The maximum Gasteiger partial charge on any atom is 0.221 e. The molecule has 0 unspecified atom stereocenters. The Bertz CT molecular complexity index is 300. The number of rotatable bonds is 9. The van der Waals surface area contributed by atoms with Crippen molar-refractivity contribution in [3.05, 3.63) is 18.5 Å². The molecule has 1 heterocycles. The van der Waals surface area contributed by atoms with Gasteiger partial charge in [-0.3, -0.25) is 9.48 Å². The third-order valence-electron chi connectivity index (χ3n) is 2.23. The molecule has 96 valence electrons. The van der Waals surface area contributed by atoms with Crippen molar-refractivity contribution < 1.29 is 9.53 Å². The topological polar surface area (TPSA) is 68.2 Å². The van der Waals surface area contributed by atoms with Gasteiger partial charge in [0.15, 0.2) is 0 Å². The van der Waals surface area contributed by atoms with Crippen LogP contribution < -0.4 is 10.6 Å². The predicted octanol–water partition coefficient (Wildman–Crippen LogP) is -0.375. The van der Waals surface area contributed by atoms with Crippen LogP contribution >= 0.6 is 0 Å². The molecular weight excluding hydrogens is 220 g/mol. The van der Waals surface area contributed by atoms with E-state index < -0.39 is 0 Å². The van der Waals surface area contributed by atoms with Gasteiger partial charge >= 0.3 is 0 Å². The minimum absolute atomic E-state index is 0.0500. The van der Waals surface area contributed by atoms with Crippen LogP contribution in [0.1, 0.15) is 6.42 Å². The Balaban J connectivity index is 1.94. The molecule has 0 aliphatic carbocycles. The third kappa shape index (κ3) is 6.70. The van der Waals surface area contributed by atoms with E-state index in [1.165, 1.54) is 0 Å². The molecular formula is C11H20N4O2. The Labute approximate surface area is 101 Å². The van der Waals surface area contributed by atoms with E-state index in [0.29, 0.717) is 26.1 Å². The largest absolute Gasteiger partial charge is 0.383 e. The fraction of sp³-hybridized carbons (Fsp3) is 0.636. The van der Waals surface area contributed by atoms with Crippen molar-refractivity contribution >= 4 is 5.91 Å². The molecule has 0 saturated carbocycles. The lowest BCUT2D eigenvalue weighted by atomic mass is 10.4. The predicted molar refractivity (Wildman–Crippen MR) is 64.6 cm³/mol. The van der Waals surface area contributed by atoms with Crippen LogP contribution in [0.2, 0.25) is 0 Å². The number of ether oxygens (including phenoxy) is 1. The summed E-state index contributed by atoms with van der Waals surface area (Å²) in [5.74, 6) is 0.0500. The normalized spacial score (nSPS) is 10.4. The monoisotopic (exact) mass is 240 g/mol. The minimum atomic E-state index is 0.0500. The van der Waals surface area contributed by atoms with Crippen LogP contribution in [0.15, 0.2) is 18.5 Å². The second-order valence-electron chi connectivity index (χ2n) is 3.61. The van der Waals surface area contributed by atoms with Gasteiger partial charge in [0.05, 0.1) is 6.61 Å². The van der Waals surface area contributed by atoms with Crippen LogP contribution in [0.4, 0.5) is 0 Å². The summed E-state index contributed by atoms with van der Waals surface area (Å²) in [7, 11) is 1.67. The lowest BCUT2D eigenvalue weighted by Crippen LogP contribution is -2.33. The molecule has 6 heteroatoms. The van der Waals surface area contributed by atoms with Crippen molar-refractivity contribution in [2.24, 2.45) is 0 Å². The molecule has 0 radical (unpaired) electrons. The van der Waals surface area contributed by atoms with E-state index in [1.54, 1.807) is 18.0 Å². The second-order valence-corrected chi connectivity index (χ2v) is 3.61. The van der Waals surface area contributed by atoms with Gasteiger partial charge in [-0.05, 0) is 6.07 Å². The highest BCUT2D eigenvalue weighted by Gasteiger charge is 2.00. The van der Waals surface area contributed by atoms with Crippen molar-refractivity contribution in [3.63, 3.8) is 0 Å². The molecule has 0 spiro atoms. The van der Waals surface area contributed by atoms with Gasteiger partial charge in [0.2, 0.25) is 5.91 Å². The number of aromatic nitrogens is 2. The second kappa shape index (κ2) is 8.72. The van der Waals surface area contributed by atoms with Gasteiger partial charge in [0.1, 0.15) is 0 Å². The van der Waals surface area contributed by atoms with Crippen molar-refractivity contribution in [1.82, 2.24) is 20.4 Å². The molecule has 1 rings (SSSR count). The number of nitrogens with zero attached hydrogens (tertiary/aromatic N) is 2. The van der Waals surface area contributed by atoms with Gasteiger partial charge in [-0.25, -0.2) is 0 Å². The number of aryl methyl sites for hydroxylation is 1. The van der Waals surface area contributed by atoms with Gasteiger partial charge < -0.3 is 15.4 Å². The number of hydrogen-bond donors (Lipinski definition) is 2. The molecule has 0 fully saturated rings. The molecule has 17 heavy (non-hydrogen) atoms. The van der Waals surface area contributed by atoms with Gasteiger partial charge in [-0.15, -0.1) is 0 Å². The summed E-state index contributed by atoms with van der Waals surface area (Å²) in [5.41, 5.74) is 0. The van der Waals surface area contributed by atoms with Crippen LogP contribution in [0.5, 0.6) is 0 Å². The number of hydrogen-bond acceptors (Lipinski definition) is 4. The van der Waals surface area contributed by atoms with Crippen molar-refractivity contribution in [3.8, 4) is 0 Å². The first kappa shape index (κ1) is 13.7. The number of carbonyl (C=O) groups excluding carboxylic acids is 1. The molecule has 6 nitrogen and oxygen atoms in total. The molecule has 0 saturated heterocycles. The Hall–Kier alpha value is -1.40. The first-order valence-electron chi connectivity index (χ1n) is 5.76.